The third-order valence-corrected chi connectivity index (χ3v) is 3.37. The lowest BCUT2D eigenvalue weighted by molar-refractivity contribution is -0.123. The second-order valence-electron chi connectivity index (χ2n) is 5.83. The van der Waals surface area contributed by atoms with Crippen LogP contribution >= 0.6 is 0 Å². The summed E-state index contributed by atoms with van der Waals surface area (Å²) in [5, 5.41) is 5.59. The lowest BCUT2D eigenvalue weighted by atomic mass is 10.2. The van der Waals surface area contributed by atoms with Crippen molar-refractivity contribution < 1.29 is 14.4 Å². The highest BCUT2D eigenvalue weighted by molar-refractivity contribution is 5.94. The van der Waals surface area contributed by atoms with Gasteiger partial charge in [-0.05, 0) is 44.7 Å². The highest BCUT2D eigenvalue weighted by Crippen LogP contribution is 2.09. The number of carbonyl (C=O) groups is 3. The average molecular weight is 334 g/mol. The second kappa shape index (κ2) is 9.67. The Morgan fingerprint density at radius 2 is 1.75 bits per heavy atom. The Hall–Kier alpha value is -2.41. The summed E-state index contributed by atoms with van der Waals surface area (Å²) in [5.41, 5.74) is 6.16. The maximum absolute atomic E-state index is 12.0. The summed E-state index contributed by atoms with van der Waals surface area (Å²) in [4.78, 5) is 36.6. The quantitative estimate of drug-likeness (QED) is 0.625. The number of rotatable bonds is 9. The van der Waals surface area contributed by atoms with Crippen molar-refractivity contribution in [3.8, 4) is 0 Å². The van der Waals surface area contributed by atoms with Crippen LogP contribution in [-0.4, -0.2) is 48.3 Å². The first-order valence-electron chi connectivity index (χ1n) is 8.03. The molecule has 0 aliphatic rings. The van der Waals surface area contributed by atoms with E-state index >= 15 is 0 Å². The molecule has 0 bridgehead atoms. The number of nitrogens with two attached hydrogens (primary N) is 1. The van der Waals surface area contributed by atoms with Gasteiger partial charge in [0.05, 0.1) is 6.54 Å². The van der Waals surface area contributed by atoms with Gasteiger partial charge >= 0.3 is 0 Å². The predicted octanol–water partition coefficient (Wildman–Crippen LogP) is 0.961. The van der Waals surface area contributed by atoms with E-state index < -0.39 is 5.91 Å². The molecule has 4 N–H and O–H groups in total. The predicted molar refractivity (Wildman–Crippen MR) is 93.6 cm³/mol. The van der Waals surface area contributed by atoms with Gasteiger partial charge in [0.15, 0.2) is 0 Å². The molecule has 3 amide bonds. The fourth-order valence-corrected chi connectivity index (χ4v) is 2.12. The summed E-state index contributed by atoms with van der Waals surface area (Å²) in [6.45, 7) is 7.22. The van der Waals surface area contributed by atoms with Crippen LogP contribution in [0.3, 0.4) is 0 Å². The molecule has 1 aromatic rings. The molecule has 0 atom stereocenters. The fourth-order valence-electron chi connectivity index (χ4n) is 2.12. The van der Waals surface area contributed by atoms with Gasteiger partial charge in [0.25, 0.3) is 0 Å². The van der Waals surface area contributed by atoms with E-state index in [2.05, 4.69) is 10.6 Å². The zero-order valence-corrected chi connectivity index (χ0v) is 14.5. The lowest BCUT2D eigenvalue weighted by Crippen LogP contribution is -2.41. The maximum atomic E-state index is 12.0. The smallest absolute Gasteiger partial charge is 0.248 e. The number of nitrogens with one attached hydrogen (secondary N) is 2. The number of hydrogen-bond donors (Lipinski definition) is 3. The molecule has 0 spiro atoms. The summed E-state index contributed by atoms with van der Waals surface area (Å²) in [5.74, 6) is -0.704. The Balaban J connectivity index is 2.43. The number of hydrogen-bond acceptors (Lipinski definition) is 4. The molecule has 0 fully saturated rings. The van der Waals surface area contributed by atoms with Gasteiger partial charge < -0.3 is 16.4 Å². The molecule has 7 nitrogen and oxygen atoms in total. The largest absolute Gasteiger partial charge is 0.366 e. The summed E-state index contributed by atoms with van der Waals surface area (Å²) in [7, 11) is 0. The first kappa shape index (κ1) is 19.6. The molecule has 7 heteroatoms. The number of anilines is 1. The normalized spacial score (nSPS) is 10.7. The van der Waals surface area contributed by atoms with Crippen LogP contribution in [0.15, 0.2) is 24.3 Å². The van der Waals surface area contributed by atoms with Crippen LogP contribution in [0, 0.1) is 0 Å². The Morgan fingerprint density at radius 3 is 2.25 bits per heavy atom. The highest BCUT2D eigenvalue weighted by atomic mass is 16.2. The molecular weight excluding hydrogens is 308 g/mol. The Morgan fingerprint density at radius 1 is 1.12 bits per heavy atom. The van der Waals surface area contributed by atoms with E-state index in [9.17, 15) is 14.4 Å². The molecule has 0 aliphatic carbocycles. The van der Waals surface area contributed by atoms with Gasteiger partial charge in [-0.3, -0.25) is 19.3 Å². The van der Waals surface area contributed by atoms with E-state index in [1.54, 1.807) is 24.3 Å². The van der Waals surface area contributed by atoms with Crippen LogP contribution < -0.4 is 16.4 Å². The molecule has 1 rings (SSSR count). The third kappa shape index (κ3) is 7.23. The van der Waals surface area contributed by atoms with Crippen molar-refractivity contribution in [2.75, 3.05) is 25.0 Å². The standard InChI is InChI=1S/C17H26N4O3/c1-4-21(11-16(23)19-12(2)3)10-9-15(22)20-14-7-5-13(6-8-14)17(18)24/h5-8,12H,4,9-11H2,1-3H3,(H2,18,24)(H,19,23)(H,20,22). The first-order valence-corrected chi connectivity index (χ1v) is 8.03. The van der Waals surface area contributed by atoms with Crippen LogP contribution in [0.1, 0.15) is 37.6 Å². The van der Waals surface area contributed by atoms with Crippen molar-refractivity contribution in [2.45, 2.75) is 33.2 Å². The monoisotopic (exact) mass is 334 g/mol. The van der Waals surface area contributed by atoms with E-state index in [4.69, 9.17) is 5.73 Å². The van der Waals surface area contributed by atoms with Crippen molar-refractivity contribution in [3.63, 3.8) is 0 Å². The summed E-state index contributed by atoms with van der Waals surface area (Å²) in [6, 6.07) is 6.49. The van der Waals surface area contributed by atoms with Gasteiger partial charge in [-0.15, -0.1) is 0 Å². The fraction of sp³-hybridized carbons (Fsp3) is 0.471. The molecule has 0 heterocycles. The van der Waals surface area contributed by atoms with Crippen molar-refractivity contribution in [1.29, 1.82) is 0 Å². The molecule has 0 aromatic heterocycles. The van der Waals surface area contributed by atoms with Gasteiger partial charge in [0.1, 0.15) is 0 Å². The topological polar surface area (TPSA) is 105 Å². The molecular formula is C17H26N4O3. The number of carbonyl (C=O) groups excluding carboxylic acids is 3. The van der Waals surface area contributed by atoms with Crippen molar-refractivity contribution in [3.05, 3.63) is 29.8 Å². The Bertz CT molecular complexity index is 570. The van der Waals surface area contributed by atoms with Crippen LogP contribution in [-0.2, 0) is 9.59 Å². The summed E-state index contributed by atoms with van der Waals surface area (Å²) < 4.78 is 0. The maximum Gasteiger partial charge on any atom is 0.248 e. The van der Waals surface area contributed by atoms with Gasteiger partial charge in [-0.2, -0.15) is 0 Å². The second-order valence-corrected chi connectivity index (χ2v) is 5.83. The lowest BCUT2D eigenvalue weighted by Gasteiger charge is -2.20. The van der Waals surface area contributed by atoms with Gasteiger partial charge in [-0.25, -0.2) is 0 Å². The molecule has 1 aromatic carbocycles. The van der Waals surface area contributed by atoms with Crippen LogP contribution in [0.2, 0.25) is 0 Å². The van der Waals surface area contributed by atoms with Gasteiger partial charge in [0.2, 0.25) is 17.7 Å². The van der Waals surface area contributed by atoms with Crippen molar-refractivity contribution in [2.24, 2.45) is 5.73 Å². The minimum absolute atomic E-state index is 0.0469. The van der Waals surface area contributed by atoms with Gasteiger partial charge in [-0.1, -0.05) is 6.92 Å². The van der Waals surface area contributed by atoms with Gasteiger partial charge in [0, 0.05) is 30.3 Å². The highest BCUT2D eigenvalue weighted by Gasteiger charge is 2.12. The third-order valence-electron chi connectivity index (χ3n) is 3.37. The van der Waals surface area contributed by atoms with E-state index in [1.807, 2.05) is 25.7 Å². The molecule has 132 valence electrons. The molecule has 0 saturated heterocycles. The van der Waals surface area contributed by atoms with Crippen molar-refractivity contribution >= 4 is 23.4 Å². The van der Waals surface area contributed by atoms with E-state index in [-0.39, 0.29) is 30.8 Å². The number of likely N-dealkylation sites (N-methyl/N-ethyl adjacent to an activating group) is 1. The van der Waals surface area contributed by atoms with Crippen LogP contribution in [0.4, 0.5) is 5.69 Å². The van der Waals surface area contributed by atoms with Crippen LogP contribution in [0.5, 0.6) is 0 Å². The zero-order chi connectivity index (χ0) is 18.1. The van der Waals surface area contributed by atoms with Crippen molar-refractivity contribution in [1.82, 2.24) is 10.2 Å². The Kier molecular flexibility index (Phi) is 7.91. The van der Waals surface area contributed by atoms with Crippen LogP contribution in [0.25, 0.3) is 0 Å². The minimum atomic E-state index is -0.508. The van der Waals surface area contributed by atoms with E-state index in [1.165, 1.54) is 0 Å². The average Bonchev–Trinajstić information content (AvgIpc) is 2.51. The summed E-state index contributed by atoms with van der Waals surface area (Å²) in [6.07, 6.45) is 0.278. The van der Waals surface area contributed by atoms with E-state index in [0.29, 0.717) is 24.3 Å². The molecule has 0 aliphatic heterocycles. The molecule has 0 radical (unpaired) electrons. The van der Waals surface area contributed by atoms with E-state index in [0.717, 1.165) is 0 Å². The number of amides is 3. The molecule has 0 unspecified atom stereocenters. The molecule has 24 heavy (non-hydrogen) atoms. The summed E-state index contributed by atoms with van der Waals surface area (Å²) >= 11 is 0. The minimum Gasteiger partial charge on any atom is -0.366 e. The zero-order valence-electron chi connectivity index (χ0n) is 14.5. The number of primary amides is 1. The molecule has 0 saturated carbocycles. The first-order chi connectivity index (χ1) is 11.3. The SMILES string of the molecule is CCN(CCC(=O)Nc1ccc(C(N)=O)cc1)CC(=O)NC(C)C. The number of benzene rings is 1. The Labute approximate surface area is 142 Å². The number of nitrogens with zero attached hydrogens (tertiary/aromatic N) is 1.